The van der Waals surface area contributed by atoms with Crippen LogP contribution in [0.4, 0.5) is 5.13 Å². The SMILES string of the molecule is Cc1cccc(-c2nc(NC(=S)[C@H](N)CC(C)C)sc2-c2ccc3ncnn3c2)n1. The third kappa shape index (κ3) is 4.38. The number of hydrogen-bond acceptors (Lipinski definition) is 7. The van der Waals surface area contributed by atoms with E-state index in [1.807, 2.05) is 43.5 Å². The van der Waals surface area contributed by atoms with Crippen LogP contribution >= 0.6 is 23.6 Å². The highest BCUT2D eigenvalue weighted by molar-refractivity contribution is 7.80. The van der Waals surface area contributed by atoms with Gasteiger partial charge in [0, 0.05) is 17.5 Å². The van der Waals surface area contributed by atoms with Crippen LogP contribution in [-0.4, -0.2) is 35.6 Å². The van der Waals surface area contributed by atoms with E-state index in [4.69, 9.17) is 22.9 Å². The van der Waals surface area contributed by atoms with Crippen molar-refractivity contribution in [1.29, 1.82) is 0 Å². The fraction of sp³-hybridized carbons (Fsp3) is 0.286. The number of rotatable bonds is 6. The van der Waals surface area contributed by atoms with Crippen LogP contribution in [0.5, 0.6) is 0 Å². The maximum Gasteiger partial charge on any atom is 0.188 e. The van der Waals surface area contributed by atoms with Gasteiger partial charge in [0.1, 0.15) is 12.0 Å². The minimum Gasteiger partial charge on any atom is -0.325 e. The van der Waals surface area contributed by atoms with E-state index in [1.165, 1.54) is 17.7 Å². The summed E-state index contributed by atoms with van der Waals surface area (Å²) in [6.07, 6.45) is 4.30. The number of pyridine rings is 2. The zero-order chi connectivity index (χ0) is 21.3. The first-order valence-electron chi connectivity index (χ1n) is 9.72. The average Bonchev–Trinajstić information content (AvgIpc) is 3.33. The maximum atomic E-state index is 6.25. The molecule has 0 aliphatic heterocycles. The molecule has 0 bridgehead atoms. The van der Waals surface area contributed by atoms with Gasteiger partial charge in [-0.15, -0.1) is 0 Å². The Morgan fingerprint density at radius 3 is 2.83 bits per heavy atom. The zero-order valence-electron chi connectivity index (χ0n) is 17.0. The summed E-state index contributed by atoms with van der Waals surface area (Å²) in [5.41, 5.74) is 10.6. The van der Waals surface area contributed by atoms with Crippen molar-refractivity contribution in [2.24, 2.45) is 11.7 Å². The van der Waals surface area contributed by atoms with Crippen LogP contribution in [0.1, 0.15) is 26.0 Å². The van der Waals surface area contributed by atoms with Gasteiger partial charge in [0.15, 0.2) is 10.8 Å². The van der Waals surface area contributed by atoms with Crippen molar-refractivity contribution < 1.29 is 0 Å². The number of nitrogens with two attached hydrogens (primary N) is 1. The molecule has 0 radical (unpaired) electrons. The highest BCUT2D eigenvalue weighted by Crippen LogP contribution is 2.38. The highest BCUT2D eigenvalue weighted by atomic mass is 32.1. The molecule has 30 heavy (non-hydrogen) atoms. The lowest BCUT2D eigenvalue weighted by atomic mass is 10.0. The minimum atomic E-state index is -0.209. The lowest BCUT2D eigenvalue weighted by molar-refractivity contribution is 0.562. The molecule has 0 aromatic carbocycles. The van der Waals surface area contributed by atoms with Crippen molar-refractivity contribution in [3.63, 3.8) is 0 Å². The van der Waals surface area contributed by atoms with Crippen LogP contribution in [0.2, 0.25) is 0 Å². The Morgan fingerprint density at radius 2 is 2.07 bits per heavy atom. The number of fused-ring (bicyclic) bond motifs is 1. The predicted octanol–water partition coefficient (Wildman–Crippen LogP) is 4.34. The largest absolute Gasteiger partial charge is 0.325 e. The lowest BCUT2D eigenvalue weighted by Gasteiger charge is -2.15. The van der Waals surface area contributed by atoms with Crippen molar-refractivity contribution >= 4 is 39.3 Å². The smallest absolute Gasteiger partial charge is 0.188 e. The molecular weight excluding hydrogens is 414 g/mol. The molecule has 154 valence electrons. The van der Waals surface area contributed by atoms with E-state index >= 15 is 0 Å². The van der Waals surface area contributed by atoms with Gasteiger partial charge in [-0.1, -0.05) is 43.5 Å². The van der Waals surface area contributed by atoms with E-state index in [1.54, 1.807) is 4.52 Å². The van der Waals surface area contributed by atoms with Crippen LogP contribution in [-0.2, 0) is 0 Å². The fourth-order valence-corrected chi connectivity index (χ4v) is 4.42. The molecule has 4 heterocycles. The zero-order valence-corrected chi connectivity index (χ0v) is 18.7. The van der Waals surface area contributed by atoms with Crippen molar-refractivity contribution in [3.05, 3.63) is 48.5 Å². The van der Waals surface area contributed by atoms with Crippen LogP contribution in [0, 0.1) is 12.8 Å². The van der Waals surface area contributed by atoms with Crippen LogP contribution in [0.15, 0.2) is 42.9 Å². The molecule has 0 unspecified atom stereocenters. The second kappa shape index (κ2) is 8.55. The van der Waals surface area contributed by atoms with E-state index in [-0.39, 0.29) is 6.04 Å². The molecule has 7 nitrogen and oxygen atoms in total. The van der Waals surface area contributed by atoms with Crippen LogP contribution in [0.25, 0.3) is 27.5 Å². The van der Waals surface area contributed by atoms with Gasteiger partial charge in [0.05, 0.1) is 21.6 Å². The quantitative estimate of drug-likeness (QED) is 0.433. The molecule has 0 spiro atoms. The van der Waals surface area contributed by atoms with Gasteiger partial charge in [-0.25, -0.2) is 14.5 Å². The molecule has 0 fully saturated rings. The number of thiocarbonyl (C=S) groups is 1. The normalized spacial score (nSPS) is 12.4. The molecule has 4 aromatic heterocycles. The Labute approximate surface area is 184 Å². The van der Waals surface area contributed by atoms with Gasteiger partial charge >= 0.3 is 0 Å². The topological polar surface area (TPSA) is 94.0 Å². The molecule has 0 amide bonds. The first-order chi connectivity index (χ1) is 14.4. The van der Waals surface area contributed by atoms with Crippen LogP contribution < -0.4 is 11.1 Å². The van der Waals surface area contributed by atoms with Crippen molar-refractivity contribution in [2.45, 2.75) is 33.2 Å². The van der Waals surface area contributed by atoms with Gasteiger partial charge in [0.25, 0.3) is 0 Å². The number of thiazole rings is 1. The number of aromatic nitrogens is 5. The first-order valence-corrected chi connectivity index (χ1v) is 10.9. The van der Waals surface area contributed by atoms with Crippen molar-refractivity contribution in [2.75, 3.05) is 5.32 Å². The minimum absolute atomic E-state index is 0.209. The lowest BCUT2D eigenvalue weighted by Crippen LogP contribution is -2.35. The summed E-state index contributed by atoms with van der Waals surface area (Å²) in [7, 11) is 0. The molecule has 4 aromatic rings. The molecule has 0 aliphatic rings. The predicted molar refractivity (Wildman–Crippen MR) is 126 cm³/mol. The first kappa shape index (κ1) is 20.5. The molecule has 3 N–H and O–H groups in total. The fourth-order valence-electron chi connectivity index (χ4n) is 3.18. The summed E-state index contributed by atoms with van der Waals surface area (Å²) >= 11 is 7.05. The number of nitrogens with one attached hydrogen (secondary N) is 1. The maximum absolute atomic E-state index is 6.25. The third-order valence-corrected chi connectivity index (χ3v) is 6.01. The number of aryl methyl sites for hydroxylation is 1. The Morgan fingerprint density at radius 1 is 1.23 bits per heavy atom. The van der Waals surface area contributed by atoms with E-state index in [0.29, 0.717) is 16.0 Å². The standard InChI is InChI=1S/C21H23N7S2/c1-12(2)9-15(22)20(29)27-21-26-18(16-6-4-5-13(3)25-16)19(30-21)14-7-8-17-23-11-24-28(17)10-14/h4-8,10-12,15H,9,22H2,1-3H3,(H,26,27,29)/t15-/m1/s1. The second-order valence-corrected chi connectivity index (χ2v) is 9.01. The summed E-state index contributed by atoms with van der Waals surface area (Å²) in [5.74, 6) is 0.466. The number of hydrogen-bond donors (Lipinski definition) is 2. The summed E-state index contributed by atoms with van der Waals surface area (Å²) in [4.78, 5) is 15.3. The molecule has 0 aliphatic carbocycles. The molecule has 9 heteroatoms. The summed E-state index contributed by atoms with van der Waals surface area (Å²) in [5, 5.41) is 8.19. The highest BCUT2D eigenvalue weighted by Gasteiger charge is 2.19. The van der Waals surface area contributed by atoms with Gasteiger partial charge in [-0.05, 0) is 43.5 Å². The monoisotopic (exact) mass is 437 g/mol. The molecular formula is C21H23N7S2. The summed E-state index contributed by atoms with van der Waals surface area (Å²) in [6, 6.07) is 9.66. The Hall–Kier alpha value is -2.75. The Kier molecular flexibility index (Phi) is 5.85. The molecule has 0 saturated heterocycles. The van der Waals surface area contributed by atoms with E-state index < -0.39 is 0 Å². The number of anilines is 1. The third-order valence-electron chi connectivity index (χ3n) is 4.59. The molecule has 4 rings (SSSR count). The molecule has 0 saturated carbocycles. The molecule has 1 atom stereocenters. The summed E-state index contributed by atoms with van der Waals surface area (Å²) in [6.45, 7) is 6.23. The Bertz CT molecular complexity index is 1200. The Balaban J connectivity index is 1.74. The second-order valence-electron chi connectivity index (χ2n) is 7.57. The average molecular weight is 438 g/mol. The van der Waals surface area contributed by atoms with E-state index in [9.17, 15) is 0 Å². The number of nitrogens with zero attached hydrogens (tertiary/aromatic N) is 5. The van der Waals surface area contributed by atoms with Gasteiger partial charge in [-0.2, -0.15) is 5.10 Å². The van der Waals surface area contributed by atoms with Crippen molar-refractivity contribution in [3.8, 4) is 21.8 Å². The summed E-state index contributed by atoms with van der Waals surface area (Å²) < 4.78 is 1.75. The van der Waals surface area contributed by atoms with E-state index in [0.717, 1.165) is 39.6 Å². The van der Waals surface area contributed by atoms with Crippen LogP contribution in [0.3, 0.4) is 0 Å². The van der Waals surface area contributed by atoms with E-state index in [2.05, 4.69) is 34.2 Å². The van der Waals surface area contributed by atoms with Gasteiger partial charge < -0.3 is 11.1 Å². The van der Waals surface area contributed by atoms with Crippen molar-refractivity contribution in [1.82, 2.24) is 24.6 Å². The van der Waals surface area contributed by atoms with Gasteiger partial charge in [0.2, 0.25) is 0 Å². The van der Waals surface area contributed by atoms with Gasteiger partial charge in [-0.3, -0.25) is 4.98 Å².